The first-order valence-corrected chi connectivity index (χ1v) is 8.42. The molecule has 1 aromatic heterocycles. The molecule has 138 valence electrons. The molecular weight excluding hydrogens is 339 g/mol. The Morgan fingerprint density at radius 3 is 2.96 bits per heavy atom. The van der Waals surface area contributed by atoms with Gasteiger partial charge < -0.3 is 10.6 Å². The van der Waals surface area contributed by atoms with E-state index in [1.54, 1.807) is 25.1 Å². The fourth-order valence-corrected chi connectivity index (χ4v) is 2.91. The van der Waals surface area contributed by atoms with Crippen LogP contribution in [0.2, 0.25) is 0 Å². The molecular formula is C17H21FN6O2. The summed E-state index contributed by atoms with van der Waals surface area (Å²) in [5.41, 5.74) is 0.504. The van der Waals surface area contributed by atoms with Crippen LogP contribution in [0.15, 0.2) is 24.3 Å². The van der Waals surface area contributed by atoms with Gasteiger partial charge in [0.05, 0.1) is 19.0 Å². The first-order chi connectivity index (χ1) is 12.5. The van der Waals surface area contributed by atoms with Crippen molar-refractivity contribution in [2.24, 2.45) is 0 Å². The Kier molecular flexibility index (Phi) is 5.57. The molecule has 0 spiro atoms. The number of hydrogen-bond donors (Lipinski definition) is 3. The van der Waals surface area contributed by atoms with Gasteiger partial charge in [-0.25, -0.2) is 9.37 Å². The van der Waals surface area contributed by atoms with Gasteiger partial charge in [-0.05, 0) is 13.0 Å². The maximum atomic E-state index is 13.9. The lowest BCUT2D eigenvalue weighted by molar-refractivity contribution is -0.134. The smallest absolute Gasteiger partial charge is 0.237 e. The molecule has 0 unspecified atom stereocenters. The van der Waals surface area contributed by atoms with E-state index in [9.17, 15) is 14.0 Å². The van der Waals surface area contributed by atoms with Gasteiger partial charge in [0, 0.05) is 25.2 Å². The molecule has 26 heavy (non-hydrogen) atoms. The van der Waals surface area contributed by atoms with E-state index in [1.165, 1.54) is 6.07 Å². The highest BCUT2D eigenvalue weighted by Crippen LogP contribution is 2.16. The molecule has 0 bridgehead atoms. The predicted octanol–water partition coefficient (Wildman–Crippen LogP) is 0.259. The number of aryl methyl sites for hydroxylation is 1. The van der Waals surface area contributed by atoms with Crippen molar-refractivity contribution in [3.63, 3.8) is 0 Å². The largest absolute Gasteiger partial charge is 0.353 e. The van der Waals surface area contributed by atoms with Crippen LogP contribution in [-0.4, -0.2) is 51.0 Å². The fraction of sp³-hybridized carbons (Fsp3) is 0.412. The summed E-state index contributed by atoms with van der Waals surface area (Å²) in [6, 6.07) is 5.81. The monoisotopic (exact) mass is 360 g/mol. The van der Waals surface area contributed by atoms with Crippen molar-refractivity contribution in [3.05, 3.63) is 47.3 Å². The summed E-state index contributed by atoms with van der Waals surface area (Å²) in [6.45, 7) is 3.26. The van der Waals surface area contributed by atoms with Gasteiger partial charge in [0.1, 0.15) is 11.6 Å². The van der Waals surface area contributed by atoms with Crippen LogP contribution >= 0.6 is 0 Å². The maximum absolute atomic E-state index is 13.9. The van der Waals surface area contributed by atoms with Gasteiger partial charge in [-0.3, -0.25) is 19.6 Å². The zero-order valence-electron chi connectivity index (χ0n) is 14.5. The van der Waals surface area contributed by atoms with E-state index in [2.05, 4.69) is 25.8 Å². The molecule has 9 heteroatoms. The number of aromatic nitrogens is 3. The fourth-order valence-electron chi connectivity index (χ4n) is 2.91. The Morgan fingerprint density at radius 2 is 2.23 bits per heavy atom. The van der Waals surface area contributed by atoms with Crippen molar-refractivity contribution >= 4 is 11.8 Å². The van der Waals surface area contributed by atoms with Crippen molar-refractivity contribution in [2.75, 3.05) is 13.1 Å². The summed E-state index contributed by atoms with van der Waals surface area (Å²) >= 11 is 0. The zero-order chi connectivity index (χ0) is 18.5. The van der Waals surface area contributed by atoms with E-state index in [-0.39, 0.29) is 37.1 Å². The highest BCUT2D eigenvalue weighted by molar-refractivity contribution is 5.88. The quantitative estimate of drug-likeness (QED) is 0.686. The van der Waals surface area contributed by atoms with Gasteiger partial charge >= 0.3 is 0 Å². The number of hydrogen-bond acceptors (Lipinski definition) is 5. The number of carbonyl (C=O) groups is 2. The zero-order valence-corrected chi connectivity index (χ0v) is 14.5. The van der Waals surface area contributed by atoms with Crippen molar-refractivity contribution in [3.8, 4) is 0 Å². The van der Waals surface area contributed by atoms with E-state index in [4.69, 9.17) is 0 Å². The molecule has 2 amide bonds. The minimum absolute atomic E-state index is 0.0102. The molecule has 1 aromatic carbocycles. The Hall–Kier alpha value is -2.81. The molecule has 1 saturated heterocycles. The molecule has 1 fully saturated rings. The minimum Gasteiger partial charge on any atom is -0.353 e. The van der Waals surface area contributed by atoms with E-state index in [0.29, 0.717) is 30.3 Å². The summed E-state index contributed by atoms with van der Waals surface area (Å²) < 4.78 is 13.9. The number of nitrogens with zero attached hydrogens (tertiary/aromatic N) is 3. The summed E-state index contributed by atoms with van der Waals surface area (Å²) in [5.74, 6) is 0.315. The number of rotatable bonds is 6. The van der Waals surface area contributed by atoms with Crippen molar-refractivity contribution in [2.45, 2.75) is 32.5 Å². The average molecular weight is 360 g/mol. The number of nitrogens with one attached hydrogen (secondary N) is 3. The molecule has 1 atom stereocenters. The highest BCUT2D eigenvalue weighted by Gasteiger charge is 2.31. The Labute approximate surface area is 150 Å². The number of H-pyrrole nitrogens is 1. The van der Waals surface area contributed by atoms with E-state index < -0.39 is 6.04 Å². The Bertz CT molecular complexity index is 793. The van der Waals surface area contributed by atoms with Crippen LogP contribution in [0.5, 0.6) is 0 Å². The van der Waals surface area contributed by atoms with Crippen LogP contribution in [-0.2, 0) is 22.7 Å². The molecule has 0 saturated carbocycles. The summed E-state index contributed by atoms with van der Waals surface area (Å²) in [6.07, 6.45) is -0.0102. The molecule has 8 nitrogen and oxygen atoms in total. The van der Waals surface area contributed by atoms with E-state index in [1.807, 2.05) is 4.90 Å². The molecule has 3 rings (SSSR count). The molecule has 3 N–H and O–H groups in total. The number of amides is 2. The van der Waals surface area contributed by atoms with Crippen molar-refractivity contribution in [1.29, 1.82) is 0 Å². The third-order valence-electron chi connectivity index (χ3n) is 4.24. The van der Waals surface area contributed by atoms with Gasteiger partial charge in [-0.15, -0.1) is 0 Å². The molecule has 0 radical (unpaired) electrons. The number of halogens is 1. The van der Waals surface area contributed by atoms with Crippen LogP contribution in [0, 0.1) is 12.7 Å². The SMILES string of the molecule is Cc1nc(CNC(=O)C[C@@H]2C(=O)NCCN2Cc2ccccc2F)n[nH]1. The third-order valence-corrected chi connectivity index (χ3v) is 4.24. The first-order valence-electron chi connectivity index (χ1n) is 8.42. The lowest BCUT2D eigenvalue weighted by atomic mass is 10.1. The molecule has 0 aliphatic carbocycles. The van der Waals surface area contributed by atoms with Gasteiger partial charge in [-0.2, -0.15) is 5.10 Å². The van der Waals surface area contributed by atoms with Gasteiger partial charge in [0.2, 0.25) is 11.8 Å². The van der Waals surface area contributed by atoms with E-state index >= 15 is 0 Å². The topological polar surface area (TPSA) is 103 Å². The summed E-state index contributed by atoms with van der Waals surface area (Å²) in [5, 5.41) is 12.1. The lowest BCUT2D eigenvalue weighted by Crippen LogP contribution is -2.56. The normalized spacial score (nSPS) is 17.8. The van der Waals surface area contributed by atoms with Crippen LogP contribution in [0.1, 0.15) is 23.6 Å². The molecule has 2 heterocycles. The number of aromatic amines is 1. The summed E-state index contributed by atoms with van der Waals surface area (Å²) in [4.78, 5) is 30.4. The Balaban J connectivity index is 1.61. The molecule has 1 aliphatic heterocycles. The predicted molar refractivity (Wildman–Crippen MR) is 91.2 cm³/mol. The number of piperazine rings is 1. The standard InChI is InChI=1S/C17H21FN6O2/c1-11-21-15(23-22-11)9-20-16(25)8-14-17(26)19-6-7-24(14)10-12-4-2-3-5-13(12)18/h2-5,14H,6-10H2,1H3,(H,19,26)(H,20,25)(H,21,22,23)/t14-/m1/s1. The van der Waals surface area contributed by atoms with Crippen LogP contribution < -0.4 is 10.6 Å². The highest BCUT2D eigenvalue weighted by atomic mass is 19.1. The maximum Gasteiger partial charge on any atom is 0.237 e. The second kappa shape index (κ2) is 8.05. The lowest BCUT2D eigenvalue weighted by Gasteiger charge is -2.34. The summed E-state index contributed by atoms with van der Waals surface area (Å²) in [7, 11) is 0. The minimum atomic E-state index is -0.641. The van der Waals surface area contributed by atoms with Gasteiger partial charge in [-0.1, -0.05) is 18.2 Å². The van der Waals surface area contributed by atoms with Crippen molar-refractivity contribution in [1.82, 2.24) is 30.7 Å². The van der Waals surface area contributed by atoms with Crippen LogP contribution in [0.3, 0.4) is 0 Å². The van der Waals surface area contributed by atoms with Crippen LogP contribution in [0.25, 0.3) is 0 Å². The van der Waals surface area contributed by atoms with Gasteiger partial charge in [0.25, 0.3) is 0 Å². The average Bonchev–Trinajstić information content (AvgIpc) is 3.03. The second-order valence-corrected chi connectivity index (χ2v) is 6.19. The number of benzene rings is 1. The first kappa shape index (κ1) is 18.0. The number of carbonyl (C=O) groups excluding carboxylic acids is 2. The van der Waals surface area contributed by atoms with Crippen molar-refractivity contribution < 1.29 is 14.0 Å². The second-order valence-electron chi connectivity index (χ2n) is 6.19. The Morgan fingerprint density at radius 1 is 1.42 bits per heavy atom. The third kappa shape index (κ3) is 4.42. The van der Waals surface area contributed by atoms with Crippen LogP contribution in [0.4, 0.5) is 4.39 Å². The molecule has 2 aromatic rings. The van der Waals surface area contributed by atoms with Gasteiger partial charge in [0.15, 0.2) is 5.82 Å². The molecule has 1 aliphatic rings. The van der Waals surface area contributed by atoms with E-state index in [0.717, 1.165) is 0 Å².